The molecule has 1 aromatic heterocycles. The summed E-state index contributed by atoms with van der Waals surface area (Å²) in [6, 6.07) is 12.2. The van der Waals surface area contributed by atoms with Crippen LogP contribution in [0.25, 0.3) is 10.2 Å². The number of benzene rings is 2. The fourth-order valence-corrected chi connectivity index (χ4v) is 4.84. The van der Waals surface area contributed by atoms with Crippen molar-refractivity contribution in [1.82, 2.24) is 4.98 Å². The first-order valence-electron chi connectivity index (χ1n) is 10.6. The van der Waals surface area contributed by atoms with Crippen LogP contribution in [0.3, 0.4) is 0 Å². The van der Waals surface area contributed by atoms with E-state index in [1.54, 1.807) is 0 Å². The molecule has 1 saturated heterocycles. The second kappa shape index (κ2) is 9.14. The van der Waals surface area contributed by atoms with E-state index >= 15 is 0 Å². The molecule has 1 aliphatic rings. The summed E-state index contributed by atoms with van der Waals surface area (Å²) in [6.45, 7) is 7.95. The largest absolute Gasteiger partial charge is 0.492 e. The second-order valence-electron chi connectivity index (χ2n) is 7.78. The summed E-state index contributed by atoms with van der Waals surface area (Å²) in [6.07, 6.45) is 2.43. The van der Waals surface area contributed by atoms with Gasteiger partial charge in [0.05, 0.1) is 30.4 Å². The average molecular weight is 425 g/mol. The van der Waals surface area contributed by atoms with Gasteiger partial charge in [0, 0.05) is 6.61 Å². The van der Waals surface area contributed by atoms with E-state index in [0.29, 0.717) is 24.7 Å². The highest BCUT2D eigenvalue weighted by atomic mass is 32.1. The summed E-state index contributed by atoms with van der Waals surface area (Å²) >= 11 is 1.53. The number of ether oxygens (including phenoxy) is 2. The molecule has 1 fully saturated rings. The van der Waals surface area contributed by atoms with Gasteiger partial charge in [0.25, 0.3) is 0 Å². The number of hydrogen-bond acceptors (Lipinski definition) is 5. The van der Waals surface area contributed by atoms with Crippen LogP contribution < -0.4 is 9.64 Å². The molecule has 0 saturated carbocycles. The van der Waals surface area contributed by atoms with E-state index in [9.17, 15) is 4.79 Å². The zero-order valence-electron chi connectivity index (χ0n) is 17.8. The van der Waals surface area contributed by atoms with Gasteiger partial charge < -0.3 is 9.47 Å². The van der Waals surface area contributed by atoms with Crippen molar-refractivity contribution >= 4 is 32.6 Å². The van der Waals surface area contributed by atoms with E-state index in [2.05, 4.69) is 32.0 Å². The molecule has 5 nitrogen and oxygen atoms in total. The third kappa shape index (κ3) is 4.50. The highest BCUT2D eigenvalue weighted by Crippen LogP contribution is 2.35. The van der Waals surface area contributed by atoms with Crippen LogP contribution in [0.1, 0.15) is 36.5 Å². The zero-order valence-corrected chi connectivity index (χ0v) is 18.6. The summed E-state index contributed by atoms with van der Waals surface area (Å²) in [5.74, 6) is 0.813. The normalized spacial score (nSPS) is 16.2. The third-order valence-electron chi connectivity index (χ3n) is 5.46. The first-order valence-corrected chi connectivity index (χ1v) is 11.4. The van der Waals surface area contributed by atoms with Gasteiger partial charge in [-0.2, -0.15) is 0 Å². The van der Waals surface area contributed by atoms with Crippen molar-refractivity contribution in [2.24, 2.45) is 0 Å². The van der Waals surface area contributed by atoms with E-state index in [1.807, 2.05) is 30.0 Å². The van der Waals surface area contributed by atoms with Crippen LogP contribution in [-0.2, 0) is 16.0 Å². The fraction of sp³-hybridized carbons (Fsp3) is 0.417. The first-order chi connectivity index (χ1) is 14.5. The van der Waals surface area contributed by atoms with E-state index in [-0.39, 0.29) is 12.0 Å². The van der Waals surface area contributed by atoms with Crippen molar-refractivity contribution in [3.05, 3.63) is 53.1 Å². The van der Waals surface area contributed by atoms with Gasteiger partial charge in [0.15, 0.2) is 5.13 Å². The number of rotatable bonds is 7. The molecule has 0 bridgehead atoms. The Morgan fingerprint density at radius 3 is 2.93 bits per heavy atom. The molecule has 1 aliphatic heterocycles. The summed E-state index contributed by atoms with van der Waals surface area (Å²) in [5.41, 5.74) is 4.18. The topological polar surface area (TPSA) is 51.7 Å². The molecule has 0 N–H and O–H groups in total. The Morgan fingerprint density at radius 2 is 2.17 bits per heavy atom. The molecule has 4 rings (SSSR count). The van der Waals surface area contributed by atoms with Gasteiger partial charge in [-0.3, -0.25) is 9.69 Å². The van der Waals surface area contributed by atoms with E-state index in [0.717, 1.165) is 52.1 Å². The number of fused-ring (bicyclic) bond motifs is 1. The molecule has 1 unspecified atom stereocenters. The molecule has 2 heterocycles. The van der Waals surface area contributed by atoms with Crippen LogP contribution in [0.15, 0.2) is 36.4 Å². The summed E-state index contributed by atoms with van der Waals surface area (Å²) < 4.78 is 12.6. The van der Waals surface area contributed by atoms with Gasteiger partial charge in [-0.15, -0.1) is 0 Å². The lowest BCUT2D eigenvalue weighted by atomic mass is 10.0. The number of aryl methyl sites for hydroxylation is 2. The quantitative estimate of drug-likeness (QED) is 0.532. The van der Waals surface area contributed by atoms with Gasteiger partial charge in [-0.05, 0) is 56.9 Å². The minimum Gasteiger partial charge on any atom is -0.492 e. The summed E-state index contributed by atoms with van der Waals surface area (Å²) in [5, 5.41) is 0.711. The Labute approximate surface area is 181 Å². The Bertz CT molecular complexity index is 1040. The van der Waals surface area contributed by atoms with E-state index in [1.165, 1.54) is 11.3 Å². The van der Waals surface area contributed by atoms with Gasteiger partial charge in [0.1, 0.15) is 11.3 Å². The third-order valence-corrected chi connectivity index (χ3v) is 6.50. The van der Waals surface area contributed by atoms with Crippen LogP contribution in [0, 0.1) is 13.8 Å². The van der Waals surface area contributed by atoms with E-state index < -0.39 is 0 Å². The number of nitrogens with zero attached hydrogens (tertiary/aromatic N) is 2. The average Bonchev–Trinajstić information content (AvgIpc) is 3.39. The predicted molar refractivity (Wildman–Crippen MR) is 122 cm³/mol. The first kappa shape index (κ1) is 20.8. The Hall–Kier alpha value is -2.44. The lowest BCUT2D eigenvalue weighted by Gasteiger charge is -2.23. The van der Waals surface area contributed by atoms with Gasteiger partial charge >= 0.3 is 0 Å². The Balaban J connectivity index is 1.67. The van der Waals surface area contributed by atoms with Crippen LogP contribution in [0.2, 0.25) is 0 Å². The highest BCUT2D eigenvalue weighted by Gasteiger charge is 2.27. The van der Waals surface area contributed by atoms with Crippen LogP contribution in [0.4, 0.5) is 5.13 Å². The maximum atomic E-state index is 13.5. The van der Waals surface area contributed by atoms with Crippen LogP contribution in [-0.4, -0.2) is 36.8 Å². The molecular weight excluding hydrogens is 396 g/mol. The Morgan fingerprint density at radius 1 is 1.30 bits per heavy atom. The second-order valence-corrected chi connectivity index (χ2v) is 8.79. The number of carbonyl (C=O) groups is 1. The number of para-hydroxylation sites is 1. The molecule has 0 spiro atoms. The van der Waals surface area contributed by atoms with Crippen molar-refractivity contribution < 1.29 is 14.3 Å². The van der Waals surface area contributed by atoms with Crippen molar-refractivity contribution in [2.75, 3.05) is 24.7 Å². The van der Waals surface area contributed by atoms with Crippen molar-refractivity contribution in [2.45, 2.75) is 46.1 Å². The fourth-order valence-electron chi connectivity index (χ4n) is 3.83. The molecule has 1 amide bonds. The molecule has 0 aliphatic carbocycles. The number of hydrogen-bond donors (Lipinski definition) is 0. The summed E-state index contributed by atoms with van der Waals surface area (Å²) in [7, 11) is 0. The van der Waals surface area contributed by atoms with Crippen LogP contribution >= 0.6 is 11.3 Å². The maximum Gasteiger partial charge on any atom is 0.233 e. The van der Waals surface area contributed by atoms with Crippen molar-refractivity contribution in [3.63, 3.8) is 0 Å². The number of carbonyl (C=O) groups excluding carboxylic acids is 1. The Kier molecular flexibility index (Phi) is 6.35. The molecule has 0 radical (unpaired) electrons. The summed E-state index contributed by atoms with van der Waals surface area (Å²) in [4.78, 5) is 20.1. The van der Waals surface area contributed by atoms with Crippen molar-refractivity contribution in [1.29, 1.82) is 0 Å². The lowest BCUT2D eigenvalue weighted by Crippen LogP contribution is -2.38. The van der Waals surface area contributed by atoms with Crippen LogP contribution in [0.5, 0.6) is 5.75 Å². The SMILES string of the molecule is CCOc1cccc2sc(N(CC3CCCO3)C(=O)Cc3cc(C)ccc3C)nc12. The molecule has 2 aromatic carbocycles. The predicted octanol–water partition coefficient (Wildman–Crippen LogP) is 5.07. The molecule has 158 valence electrons. The van der Waals surface area contributed by atoms with Crippen molar-refractivity contribution in [3.8, 4) is 5.75 Å². The maximum absolute atomic E-state index is 13.5. The molecule has 30 heavy (non-hydrogen) atoms. The standard InChI is InChI=1S/C24H28N2O3S/c1-4-28-20-8-5-9-21-23(20)25-24(30-21)26(15-19-7-6-12-29-19)22(27)14-18-13-16(2)10-11-17(18)3/h5,8-11,13,19H,4,6-7,12,14-15H2,1-3H3. The number of anilines is 1. The lowest BCUT2D eigenvalue weighted by molar-refractivity contribution is -0.118. The molecular formula is C24H28N2O3S. The zero-order chi connectivity index (χ0) is 21.1. The highest BCUT2D eigenvalue weighted by molar-refractivity contribution is 7.22. The molecule has 6 heteroatoms. The van der Waals surface area contributed by atoms with Gasteiger partial charge in [-0.25, -0.2) is 4.98 Å². The number of thiazole rings is 1. The van der Waals surface area contributed by atoms with E-state index in [4.69, 9.17) is 14.5 Å². The van der Waals surface area contributed by atoms with Gasteiger partial charge in [-0.1, -0.05) is 41.2 Å². The molecule has 1 atom stereocenters. The number of aromatic nitrogens is 1. The minimum atomic E-state index is 0.0521. The smallest absolute Gasteiger partial charge is 0.233 e. The minimum absolute atomic E-state index is 0.0521. The monoisotopic (exact) mass is 424 g/mol. The number of amides is 1. The molecule has 3 aromatic rings. The van der Waals surface area contributed by atoms with Gasteiger partial charge in [0.2, 0.25) is 5.91 Å².